The second-order valence-electron chi connectivity index (χ2n) is 4.61. The summed E-state index contributed by atoms with van der Waals surface area (Å²) in [7, 11) is 0. The summed E-state index contributed by atoms with van der Waals surface area (Å²) in [6, 6.07) is 6.83. The first-order chi connectivity index (χ1) is 9.11. The monoisotopic (exact) mass is 263 g/mol. The van der Waals surface area contributed by atoms with E-state index in [1.165, 1.54) is 0 Å². The zero-order valence-corrected chi connectivity index (χ0v) is 10.8. The van der Waals surface area contributed by atoms with Crippen LogP contribution in [0.5, 0.6) is 0 Å². The average Bonchev–Trinajstić information content (AvgIpc) is 2.87. The SMILES string of the molecule is CCc1ccc(C(=O)NC2COCC2C(=O)O)cc1. The van der Waals surface area contributed by atoms with Gasteiger partial charge in [-0.3, -0.25) is 9.59 Å². The molecular weight excluding hydrogens is 246 g/mol. The van der Waals surface area contributed by atoms with Gasteiger partial charge in [-0.05, 0) is 24.1 Å². The van der Waals surface area contributed by atoms with Crippen LogP contribution < -0.4 is 5.32 Å². The summed E-state index contributed by atoms with van der Waals surface area (Å²) in [6.07, 6.45) is 0.916. The largest absolute Gasteiger partial charge is 0.481 e. The van der Waals surface area contributed by atoms with E-state index in [0.717, 1.165) is 12.0 Å². The first kappa shape index (κ1) is 13.5. The molecule has 1 aliphatic heterocycles. The van der Waals surface area contributed by atoms with Crippen LogP contribution in [0.25, 0.3) is 0 Å². The molecule has 5 heteroatoms. The Morgan fingerprint density at radius 3 is 2.58 bits per heavy atom. The lowest BCUT2D eigenvalue weighted by atomic mass is 10.0. The van der Waals surface area contributed by atoms with Crippen LogP contribution in [0.15, 0.2) is 24.3 Å². The number of carboxylic acid groups (broad SMARTS) is 1. The van der Waals surface area contributed by atoms with Gasteiger partial charge in [0.25, 0.3) is 5.91 Å². The van der Waals surface area contributed by atoms with Crippen LogP contribution in [0, 0.1) is 5.92 Å². The van der Waals surface area contributed by atoms with Gasteiger partial charge < -0.3 is 15.2 Å². The summed E-state index contributed by atoms with van der Waals surface area (Å²) in [4.78, 5) is 23.0. The highest BCUT2D eigenvalue weighted by molar-refractivity contribution is 5.94. The van der Waals surface area contributed by atoms with E-state index < -0.39 is 17.9 Å². The second-order valence-corrected chi connectivity index (χ2v) is 4.61. The molecule has 0 radical (unpaired) electrons. The fraction of sp³-hybridized carbons (Fsp3) is 0.429. The van der Waals surface area contributed by atoms with Gasteiger partial charge in [-0.1, -0.05) is 19.1 Å². The Hall–Kier alpha value is -1.88. The van der Waals surface area contributed by atoms with Crippen molar-refractivity contribution in [3.8, 4) is 0 Å². The molecule has 1 heterocycles. The molecule has 1 aromatic carbocycles. The molecule has 19 heavy (non-hydrogen) atoms. The molecule has 0 aliphatic carbocycles. The van der Waals surface area contributed by atoms with Crippen LogP contribution in [-0.2, 0) is 16.0 Å². The molecule has 2 unspecified atom stereocenters. The van der Waals surface area contributed by atoms with Gasteiger partial charge in [0.2, 0.25) is 0 Å². The maximum Gasteiger partial charge on any atom is 0.311 e. The fourth-order valence-electron chi connectivity index (χ4n) is 2.08. The van der Waals surface area contributed by atoms with Gasteiger partial charge in [-0.25, -0.2) is 0 Å². The number of rotatable bonds is 4. The summed E-state index contributed by atoms with van der Waals surface area (Å²) in [5.41, 5.74) is 1.69. The van der Waals surface area contributed by atoms with Gasteiger partial charge in [0.15, 0.2) is 0 Å². The number of carboxylic acids is 1. The van der Waals surface area contributed by atoms with Crippen molar-refractivity contribution in [1.29, 1.82) is 0 Å². The number of benzene rings is 1. The summed E-state index contributed by atoms with van der Waals surface area (Å²) in [5, 5.41) is 11.7. The summed E-state index contributed by atoms with van der Waals surface area (Å²) in [6.45, 7) is 2.44. The van der Waals surface area contributed by atoms with E-state index in [0.29, 0.717) is 5.56 Å². The Morgan fingerprint density at radius 1 is 1.32 bits per heavy atom. The van der Waals surface area contributed by atoms with E-state index in [1.807, 2.05) is 19.1 Å². The Bertz CT molecular complexity index is 469. The lowest BCUT2D eigenvalue weighted by molar-refractivity contribution is -0.142. The third-order valence-corrected chi connectivity index (χ3v) is 3.34. The van der Waals surface area contributed by atoms with Crippen molar-refractivity contribution in [2.45, 2.75) is 19.4 Å². The lowest BCUT2D eigenvalue weighted by Gasteiger charge is -2.15. The van der Waals surface area contributed by atoms with E-state index in [4.69, 9.17) is 9.84 Å². The predicted octanol–water partition coefficient (Wildman–Crippen LogP) is 1.08. The van der Waals surface area contributed by atoms with E-state index in [1.54, 1.807) is 12.1 Å². The van der Waals surface area contributed by atoms with E-state index in [9.17, 15) is 9.59 Å². The molecule has 0 saturated carbocycles. The summed E-state index contributed by atoms with van der Waals surface area (Å²) < 4.78 is 5.11. The Balaban J connectivity index is 2.01. The molecule has 0 bridgehead atoms. The van der Waals surface area contributed by atoms with Crippen molar-refractivity contribution < 1.29 is 19.4 Å². The maximum atomic E-state index is 12.0. The number of hydrogen-bond donors (Lipinski definition) is 2. The number of aliphatic carboxylic acids is 1. The van der Waals surface area contributed by atoms with Gasteiger partial charge in [-0.2, -0.15) is 0 Å². The van der Waals surface area contributed by atoms with Crippen molar-refractivity contribution in [3.05, 3.63) is 35.4 Å². The quantitative estimate of drug-likeness (QED) is 0.852. The molecule has 102 valence electrons. The van der Waals surface area contributed by atoms with E-state index in [2.05, 4.69) is 5.32 Å². The highest BCUT2D eigenvalue weighted by atomic mass is 16.5. The molecule has 2 N–H and O–H groups in total. The van der Waals surface area contributed by atoms with E-state index in [-0.39, 0.29) is 19.1 Å². The molecule has 1 saturated heterocycles. The molecule has 0 aromatic heterocycles. The highest BCUT2D eigenvalue weighted by Crippen LogP contribution is 2.15. The molecule has 5 nitrogen and oxygen atoms in total. The van der Waals surface area contributed by atoms with Crippen molar-refractivity contribution in [1.82, 2.24) is 5.32 Å². The normalized spacial score (nSPS) is 22.2. The minimum Gasteiger partial charge on any atom is -0.481 e. The third-order valence-electron chi connectivity index (χ3n) is 3.34. The topological polar surface area (TPSA) is 75.6 Å². The number of carbonyl (C=O) groups is 2. The lowest BCUT2D eigenvalue weighted by Crippen LogP contribution is -2.42. The van der Waals surface area contributed by atoms with Crippen LogP contribution >= 0.6 is 0 Å². The zero-order chi connectivity index (χ0) is 13.8. The number of amides is 1. The number of aryl methyl sites for hydroxylation is 1. The van der Waals surface area contributed by atoms with Gasteiger partial charge in [-0.15, -0.1) is 0 Å². The van der Waals surface area contributed by atoms with Gasteiger partial charge in [0, 0.05) is 5.56 Å². The van der Waals surface area contributed by atoms with Gasteiger partial charge >= 0.3 is 5.97 Å². The third kappa shape index (κ3) is 3.12. The van der Waals surface area contributed by atoms with Crippen molar-refractivity contribution >= 4 is 11.9 Å². The molecule has 1 fully saturated rings. The Morgan fingerprint density at radius 2 is 2.00 bits per heavy atom. The minimum atomic E-state index is -0.941. The molecule has 2 rings (SSSR count). The zero-order valence-electron chi connectivity index (χ0n) is 10.8. The number of hydrogen-bond acceptors (Lipinski definition) is 3. The fourth-order valence-corrected chi connectivity index (χ4v) is 2.08. The van der Waals surface area contributed by atoms with Crippen molar-refractivity contribution in [3.63, 3.8) is 0 Å². The number of carbonyl (C=O) groups excluding carboxylic acids is 1. The molecule has 1 aromatic rings. The summed E-state index contributed by atoms with van der Waals surface area (Å²) >= 11 is 0. The van der Waals surface area contributed by atoms with Crippen LogP contribution in [0.4, 0.5) is 0 Å². The average molecular weight is 263 g/mol. The van der Waals surface area contributed by atoms with Crippen LogP contribution in [0.3, 0.4) is 0 Å². The van der Waals surface area contributed by atoms with Gasteiger partial charge in [0.05, 0.1) is 19.3 Å². The number of ether oxygens (including phenoxy) is 1. The standard InChI is InChI=1S/C14H17NO4/c1-2-9-3-5-10(6-4-9)13(16)15-12-8-19-7-11(12)14(17)18/h3-6,11-12H,2,7-8H2,1H3,(H,15,16)(H,17,18). The predicted molar refractivity (Wildman–Crippen MR) is 69.0 cm³/mol. The van der Waals surface area contributed by atoms with Gasteiger partial charge in [0.1, 0.15) is 5.92 Å². The molecule has 2 atom stereocenters. The van der Waals surface area contributed by atoms with Crippen molar-refractivity contribution in [2.75, 3.05) is 13.2 Å². The first-order valence-corrected chi connectivity index (χ1v) is 6.32. The van der Waals surface area contributed by atoms with Crippen LogP contribution in [0.1, 0.15) is 22.8 Å². The first-order valence-electron chi connectivity index (χ1n) is 6.32. The maximum absolute atomic E-state index is 12.0. The van der Waals surface area contributed by atoms with Crippen LogP contribution in [0.2, 0.25) is 0 Å². The number of nitrogens with one attached hydrogen (secondary N) is 1. The summed E-state index contributed by atoms with van der Waals surface area (Å²) in [5.74, 6) is -1.87. The van der Waals surface area contributed by atoms with E-state index >= 15 is 0 Å². The molecule has 1 amide bonds. The minimum absolute atomic E-state index is 0.148. The van der Waals surface area contributed by atoms with Crippen molar-refractivity contribution in [2.24, 2.45) is 5.92 Å². The molecule has 1 aliphatic rings. The van der Waals surface area contributed by atoms with Crippen LogP contribution in [-0.4, -0.2) is 36.2 Å². The molecular formula is C14H17NO4. The Kier molecular flexibility index (Phi) is 4.16. The Labute approximate surface area is 111 Å². The smallest absolute Gasteiger partial charge is 0.311 e. The second kappa shape index (κ2) is 5.84. The molecule has 0 spiro atoms. The highest BCUT2D eigenvalue weighted by Gasteiger charge is 2.35.